The van der Waals surface area contributed by atoms with Gasteiger partial charge in [-0.05, 0) is 12.8 Å². The maximum atomic E-state index is 12.0. The molecule has 0 aromatic heterocycles. The summed E-state index contributed by atoms with van der Waals surface area (Å²) in [6.45, 7) is 5.79. The second kappa shape index (κ2) is 6.51. The predicted octanol–water partition coefficient (Wildman–Crippen LogP) is 1.36. The lowest BCUT2D eigenvalue weighted by atomic mass is 10.1. The molecule has 94 valence electrons. The van der Waals surface area contributed by atoms with E-state index < -0.39 is 0 Å². The quantitative estimate of drug-likeness (QED) is 0.713. The fourth-order valence-electron chi connectivity index (χ4n) is 1.59. The second-order valence-corrected chi connectivity index (χ2v) is 4.42. The van der Waals surface area contributed by atoms with Crippen LogP contribution in [0.5, 0.6) is 0 Å². The van der Waals surface area contributed by atoms with E-state index in [2.05, 4.69) is 0 Å². The normalized spacial score (nSPS) is 14.1. The minimum Gasteiger partial charge on any atom is -0.347 e. The third kappa shape index (κ3) is 3.51. The summed E-state index contributed by atoms with van der Waals surface area (Å²) < 4.78 is 0. The first-order chi connectivity index (χ1) is 7.36. The number of likely N-dealkylation sites (N-methyl/N-ethyl adjacent to an activating group) is 2. The smallest absolute Gasteiger partial charge is 0.244 e. The number of nitrogens with zero attached hydrogens (tertiary/aromatic N) is 2. The third-order valence-electron chi connectivity index (χ3n) is 2.96. The van der Waals surface area contributed by atoms with Crippen molar-refractivity contribution in [1.82, 2.24) is 9.80 Å². The monoisotopic (exact) mass is 228 g/mol. The van der Waals surface area contributed by atoms with E-state index in [4.69, 9.17) is 0 Å². The van der Waals surface area contributed by atoms with Gasteiger partial charge in [0.05, 0.1) is 0 Å². The van der Waals surface area contributed by atoms with Crippen LogP contribution in [0.4, 0.5) is 0 Å². The fourth-order valence-corrected chi connectivity index (χ4v) is 1.59. The number of hydrogen-bond acceptors (Lipinski definition) is 2. The highest BCUT2D eigenvalue weighted by atomic mass is 16.2. The molecule has 4 heteroatoms. The van der Waals surface area contributed by atoms with Gasteiger partial charge in [-0.25, -0.2) is 0 Å². The summed E-state index contributed by atoms with van der Waals surface area (Å²) in [5.41, 5.74) is 0. The Morgan fingerprint density at radius 3 is 1.81 bits per heavy atom. The topological polar surface area (TPSA) is 40.6 Å². The van der Waals surface area contributed by atoms with Gasteiger partial charge in [0.2, 0.25) is 11.8 Å². The summed E-state index contributed by atoms with van der Waals surface area (Å²) in [5, 5.41) is 0. The van der Waals surface area contributed by atoms with Crippen LogP contribution in [0.15, 0.2) is 0 Å². The SMILES string of the molecule is CCC(C)C(=O)N(C)C(CC)C(=O)N(C)C. The van der Waals surface area contributed by atoms with Crippen molar-refractivity contribution in [3.8, 4) is 0 Å². The van der Waals surface area contributed by atoms with Gasteiger partial charge in [0.25, 0.3) is 0 Å². The van der Waals surface area contributed by atoms with E-state index in [1.54, 1.807) is 26.0 Å². The Morgan fingerprint density at radius 1 is 1.00 bits per heavy atom. The van der Waals surface area contributed by atoms with E-state index in [0.29, 0.717) is 6.42 Å². The first-order valence-corrected chi connectivity index (χ1v) is 5.84. The van der Waals surface area contributed by atoms with E-state index in [1.807, 2.05) is 20.8 Å². The molecule has 0 bridgehead atoms. The van der Waals surface area contributed by atoms with Crippen LogP contribution in [-0.2, 0) is 9.59 Å². The van der Waals surface area contributed by atoms with Gasteiger partial charge in [0.15, 0.2) is 0 Å². The Kier molecular flexibility index (Phi) is 6.08. The van der Waals surface area contributed by atoms with E-state index in [0.717, 1.165) is 6.42 Å². The molecule has 0 saturated heterocycles. The van der Waals surface area contributed by atoms with Crippen LogP contribution < -0.4 is 0 Å². The molecular weight excluding hydrogens is 204 g/mol. The lowest BCUT2D eigenvalue weighted by Crippen LogP contribution is -2.48. The van der Waals surface area contributed by atoms with Gasteiger partial charge in [-0.2, -0.15) is 0 Å². The maximum absolute atomic E-state index is 12.0. The summed E-state index contributed by atoms with van der Waals surface area (Å²) >= 11 is 0. The molecule has 0 fully saturated rings. The Morgan fingerprint density at radius 2 is 1.50 bits per heavy atom. The van der Waals surface area contributed by atoms with Crippen molar-refractivity contribution in [3.05, 3.63) is 0 Å². The first-order valence-electron chi connectivity index (χ1n) is 5.84. The molecule has 2 atom stereocenters. The van der Waals surface area contributed by atoms with Crippen molar-refractivity contribution in [2.24, 2.45) is 5.92 Å². The first kappa shape index (κ1) is 14.9. The summed E-state index contributed by atoms with van der Waals surface area (Å²) in [7, 11) is 5.14. The summed E-state index contributed by atoms with van der Waals surface area (Å²) in [6.07, 6.45) is 1.45. The largest absolute Gasteiger partial charge is 0.347 e. The van der Waals surface area contributed by atoms with Crippen LogP contribution >= 0.6 is 0 Å². The zero-order chi connectivity index (χ0) is 12.9. The molecule has 16 heavy (non-hydrogen) atoms. The van der Waals surface area contributed by atoms with Crippen LogP contribution in [0, 0.1) is 5.92 Å². The Labute approximate surface area is 98.6 Å². The highest BCUT2D eigenvalue weighted by molar-refractivity contribution is 5.88. The zero-order valence-electron chi connectivity index (χ0n) is 11.3. The standard InChI is InChI=1S/C12H24N2O2/c1-7-9(3)11(15)14(6)10(8-2)12(16)13(4)5/h9-10H,7-8H2,1-6H3. The molecule has 2 amide bonds. The summed E-state index contributed by atoms with van der Waals surface area (Å²) in [5.74, 6) is 0.0141. The van der Waals surface area contributed by atoms with Crippen LogP contribution in [-0.4, -0.2) is 48.8 Å². The van der Waals surface area contributed by atoms with Gasteiger partial charge >= 0.3 is 0 Å². The molecule has 0 spiro atoms. The van der Waals surface area contributed by atoms with Crippen molar-refractivity contribution in [2.75, 3.05) is 21.1 Å². The third-order valence-corrected chi connectivity index (χ3v) is 2.96. The van der Waals surface area contributed by atoms with Gasteiger partial charge in [-0.3, -0.25) is 9.59 Å². The van der Waals surface area contributed by atoms with Crippen LogP contribution in [0.25, 0.3) is 0 Å². The average molecular weight is 228 g/mol. The number of rotatable bonds is 5. The molecule has 0 N–H and O–H groups in total. The molecule has 0 aliphatic carbocycles. The molecule has 0 rings (SSSR count). The highest BCUT2D eigenvalue weighted by Crippen LogP contribution is 2.11. The van der Waals surface area contributed by atoms with E-state index in [1.165, 1.54) is 4.90 Å². The Hall–Kier alpha value is -1.06. The van der Waals surface area contributed by atoms with Gasteiger partial charge in [-0.1, -0.05) is 20.8 Å². The lowest BCUT2D eigenvalue weighted by molar-refractivity contribution is -0.145. The molecule has 2 unspecified atom stereocenters. The van der Waals surface area contributed by atoms with Gasteiger partial charge < -0.3 is 9.80 Å². The maximum Gasteiger partial charge on any atom is 0.244 e. The number of carbonyl (C=O) groups excluding carboxylic acids is 2. The van der Waals surface area contributed by atoms with Gasteiger partial charge in [0, 0.05) is 27.1 Å². The van der Waals surface area contributed by atoms with Crippen molar-refractivity contribution in [2.45, 2.75) is 39.7 Å². The highest BCUT2D eigenvalue weighted by Gasteiger charge is 2.28. The van der Waals surface area contributed by atoms with Crippen LogP contribution in [0.3, 0.4) is 0 Å². The van der Waals surface area contributed by atoms with Crippen LogP contribution in [0.1, 0.15) is 33.6 Å². The molecule has 0 saturated carbocycles. The molecule has 0 aromatic rings. The number of hydrogen-bond donors (Lipinski definition) is 0. The summed E-state index contributed by atoms with van der Waals surface area (Å²) in [4.78, 5) is 26.9. The fraction of sp³-hybridized carbons (Fsp3) is 0.833. The number of carbonyl (C=O) groups is 2. The van der Waals surface area contributed by atoms with Crippen molar-refractivity contribution >= 4 is 11.8 Å². The molecule has 0 aliphatic rings. The molecule has 4 nitrogen and oxygen atoms in total. The minimum absolute atomic E-state index is 0.0124. The van der Waals surface area contributed by atoms with E-state index in [-0.39, 0.29) is 23.8 Å². The molecule has 0 aliphatic heterocycles. The summed E-state index contributed by atoms with van der Waals surface area (Å²) in [6, 6.07) is -0.337. The average Bonchev–Trinajstić information content (AvgIpc) is 2.27. The minimum atomic E-state index is -0.337. The lowest BCUT2D eigenvalue weighted by Gasteiger charge is -2.30. The molecular formula is C12H24N2O2. The zero-order valence-corrected chi connectivity index (χ0v) is 11.3. The van der Waals surface area contributed by atoms with Crippen LogP contribution in [0.2, 0.25) is 0 Å². The second-order valence-electron chi connectivity index (χ2n) is 4.42. The number of amides is 2. The predicted molar refractivity (Wildman–Crippen MR) is 65.0 cm³/mol. The van der Waals surface area contributed by atoms with E-state index in [9.17, 15) is 9.59 Å². The van der Waals surface area contributed by atoms with Gasteiger partial charge in [0.1, 0.15) is 6.04 Å². The van der Waals surface area contributed by atoms with Crippen molar-refractivity contribution in [3.63, 3.8) is 0 Å². The molecule has 0 aromatic carbocycles. The van der Waals surface area contributed by atoms with Crippen molar-refractivity contribution < 1.29 is 9.59 Å². The Balaban J connectivity index is 4.71. The van der Waals surface area contributed by atoms with Crippen molar-refractivity contribution in [1.29, 1.82) is 0 Å². The van der Waals surface area contributed by atoms with E-state index >= 15 is 0 Å². The molecule has 0 radical (unpaired) electrons. The molecule has 0 heterocycles. The van der Waals surface area contributed by atoms with Gasteiger partial charge in [-0.15, -0.1) is 0 Å². The Bertz CT molecular complexity index is 251.